The molecule has 114 valence electrons. The van der Waals surface area contributed by atoms with Crippen molar-refractivity contribution in [2.24, 2.45) is 5.73 Å². The van der Waals surface area contributed by atoms with Crippen LogP contribution in [0.3, 0.4) is 0 Å². The van der Waals surface area contributed by atoms with E-state index in [2.05, 4.69) is 10.2 Å². The molecule has 0 spiro atoms. The molecule has 0 atom stereocenters. The molecule has 0 aliphatic heterocycles. The van der Waals surface area contributed by atoms with Gasteiger partial charge in [-0.1, -0.05) is 6.07 Å². The van der Waals surface area contributed by atoms with E-state index in [1.165, 1.54) is 6.07 Å². The van der Waals surface area contributed by atoms with Crippen LogP contribution in [0.15, 0.2) is 22.6 Å². The molecule has 0 radical (unpaired) electrons. The van der Waals surface area contributed by atoms with E-state index in [1.54, 1.807) is 13.0 Å². The molecule has 0 aliphatic rings. The molecule has 1 heterocycles. The number of nitrogens with two attached hydrogens (primary N) is 1. The van der Waals surface area contributed by atoms with E-state index in [1.807, 2.05) is 0 Å². The molecule has 1 aromatic heterocycles. The lowest BCUT2D eigenvalue weighted by molar-refractivity contribution is -0.139. The summed E-state index contributed by atoms with van der Waals surface area (Å²) in [4.78, 5) is 0. The zero-order chi connectivity index (χ0) is 15.5. The first-order valence-corrected chi connectivity index (χ1v) is 6.22. The number of halogens is 3. The van der Waals surface area contributed by atoms with Crippen LogP contribution in [0.25, 0.3) is 0 Å². The summed E-state index contributed by atoms with van der Waals surface area (Å²) in [6, 6.07) is 3.87. The van der Waals surface area contributed by atoms with Gasteiger partial charge in [0, 0.05) is 6.92 Å². The average Bonchev–Trinajstić information content (AvgIpc) is 2.82. The fraction of sp³-hybridized carbons (Fsp3) is 0.385. The van der Waals surface area contributed by atoms with Crippen LogP contribution in [0.2, 0.25) is 0 Å². The standard InChI is InChI=1S/C13H14F3N3O2/c1-8-18-19-12(21-8)7-20-11-3-2-9(4-5-17)6-10(11)13(14,15)16/h2-3,6H,4-5,7,17H2,1H3. The molecule has 2 N–H and O–H groups in total. The van der Waals surface area contributed by atoms with E-state index in [0.717, 1.165) is 6.07 Å². The molecular weight excluding hydrogens is 287 g/mol. The lowest BCUT2D eigenvalue weighted by Gasteiger charge is -2.14. The number of hydrogen-bond donors (Lipinski definition) is 1. The molecular formula is C13H14F3N3O2. The number of rotatable bonds is 5. The molecule has 0 fully saturated rings. The third-order valence-electron chi connectivity index (χ3n) is 2.70. The first kappa shape index (κ1) is 15.3. The number of nitrogens with zero attached hydrogens (tertiary/aromatic N) is 2. The molecule has 2 aromatic rings. The Kier molecular flexibility index (Phi) is 4.46. The lowest BCUT2D eigenvalue weighted by atomic mass is 10.1. The van der Waals surface area contributed by atoms with Gasteiger partial charge in [-0.3, -0.25) is 0 Å². The van der Waals surface area contributed by atoms with Crippen molar-refractivity contribution in [1.82, 2.24) is 10.2 Å². The molecule has 1 aromatic carbocycles. The van der Waals surface area contributed by atoms with Gasteiger partial charge in [0.15, 0.2) is 6.61 Å². The summed E-state index contributed by atoms with van der Waals surface area (Å²) in [7, 11) is 0. The topological polar surface area (TPSA) is 74.2 Å². The van der Waals surface area contributed by atoms with Crippen molar-refractivity contribution in [3.05, 3.63) is 41.1 Å². The molecule has 0 saturated heterocycles. The van der Waals surface area contributed by atoms with Gasteiger partial charge < -0.3 is 14.9 Å². The molecule has 0 unspecified atom stereocenters. The van der Waals surface area contributed by atoms with E-state index < -0.39 is 11.7 Å². The van der Waals surface area contributed by atoms with Gasteiger partial charge in [0.1, 0.15) is 5.75 Å². The Morgan fingerprint density at radius 3 is 2.62 bits per heavy atom. The van der Waals surface area contributed by atoms with Gasteiger partial charge in [0.25, 0.3) is 5.89 Å². The highest BCUT2D eigenvalue weighted by Crippen LogP contribution is 2.37. The number of aromatic nitrogens is 2. The van der Waals surface area contributed by atoms with Crippen molar-refractivity contribution in [2.45, 2.75) is 26.1 Å². The molecule has 2 rings (SSSR count). The van der Waals surface area contributed by atoms with Crippen molar-refractivity contribution >= 4 is 0 Å². The van der Waals surface area contributed by atoms with Crippen LogP contribution >= 0.6 is 0 Å². The summed E-state index contributed by atoms with van der Waals surface area (Å²) in [5, 5.41) is 7.24. The minimum atomic E-state index is -4.51. The predicted molar refractivity (Wildman–Crippen MR) is 67.6 cm³/mol. The highest BCUT2D eigenvalue weighted by Gasteiger charge is 2.34. The van der Waals surface area contributed by atoms with E-state index in [-0.39, 0.29) is 24.8 Å². The SMILES string of the molecule is Cc1nnc(COc2ccc(CCN)cc2C(F)(F)F)o1. The predicted octanol–water partition coefficient (Wildman–Crippen LogP) is 2.48. The minimum Gasteiger partial charge on any atom is -0.483 e. The monoisotopic (exact) mass is 301 g/mol. The molecule has 0 saturated carbocycles. The largest absolute Gasteiger partial charge is 0.483 e. The third-order valence-corrected chi connectivity index (χ3v) is 2.70. The van der Waals surface area contributed by atoms with E-state index in [0.29, 0.717) is 17.9 Å². The summed E-state index contributed by atoms with van der Waals surface area (Å²) in [6.07, 6.45) is -4.14. The van der Waals surface area contributed by atoms with Crippen molar-refractivity contribution in [2.75, 3.05) is 6.54 Å². The van der Waals surface area contributed by atoms with Gasteiger partial charge in [-0.05, 0) is 30.7 Å². The Hall–Kier alpha value is -2.09. The van der Waals surface area contributed by atoms with Crippen LogP contribution in [0, 0.1) is 6.92 Å². The van der Waals surface area contributed by atoms with Crippen LogP contribution in [-0.4, -0.2) is 16.7 Å². The number of alkyl halides is 3. The highest BCUT2D eigenvalue weighted by atomic mass is 19.4. The molecule has 0 aliphatic carbocycles. The fourth-order valence-electron chi connectivity index (χ4n) is 1.78. The van der Waals surface area contributed by atoms with Crippen LogP contribution in [-0.2, 0) is 19.2 Å². The van der Waals surface area contributed by atoms with Gasteiger partial charge in [-0.2, -0.15) is 13.2 Å². The van der Waals surface area contributed by atoms with E-state index in [9.17, 15) is 13.2 Å². The molecule has 8 heteroatoms. The zero-order valence-corrected chi connectivity index (χ0v) is 11.3. The second kappa shape index (κ2) is 6.13. The van der Waals surface area contributed by atoms with Crippen molar-refractivity contribution in [3.63, 3.8) is 0 Å². The summed E-state index contributed by atoms with van der Waals surface area (Å²) in [6.45, 7) is 1.64. The Bertz CT molecular complexity index is 611. The minimum absolute atomic E-state index is 0.117. The van der Waals surface area contributed by atoms with Crippen molar-refractivity contribution in [3.8, 4) is 5.75 Å². The fourth-order valence-corrected chi connectivity index (χ4v) is 1.78. The second-order valence-corrected chi connectivity index (χ2v) is 4.37. The maximum Gasteiger partial charge on any atom is 0.419 e. The van der Waals surface area contributed by atoms with Crippen LogP contribution in [0.1, 0.15) is 22.9 Å². The number of hydrogen-bond acceptors (Lipinski definition) is 5. The summed E-state index contributed by atoms with van der Waals surface area (Å²) in [5.41, 5.74) is 5.02. The average molecular weight is 301 g/mol. The maximum atomic E-state index is 13.0. The first-order valence-electron chi connectivity index (χ1n) is 6.22. The molecule has 0 amide bonds. The number of aryl methyl sites for hydroxylation is 1. The summed E-state index contributed by atoms with van der Waals surface area (Å²) < 4.78 is 49.3. The van der Waals surface area contributed by atoms with Gasteiger partial charge in [-0.15, -0.1) is 10.2 Å². The van der Waals surface area contributed by atoms with Gasteiger partial charge in [0.05, 0.1) is 5.56 Å². The Morgan fingerprint density at radius 2 is 2.05 bits per heavy atom. The van der Waals surface area contributed by atoms with E-state index in [4.69, 9.17) is 14.9 Å². The third kappa shape index (κ3) is 3.94. The van der Waals surface area contributed by atoms with E-state index >= 15 is 0 Å². The summed E-state index contributed by atoms with van der Waals surface area (Å²) >= 11 is 0. The smallest absolute Gasteiger partial charge is 0.419 e. The van der Waals surface area contributed by atoms with Crippen LogP contribution < -0.4 is 10.5 Å². The Labute approximate surface area is 118 Å². The Morgan fingerprint density at radius 1 is 1.29 bits per heavy atom. The van der Waals surface area contributed by atoms with Crippen LogP contribution in [0.4, 0.5) is 13.2 Å². The van der Waals surface area contributed by atoms with Gasteiger partial charge >= 0.3 is 6.18 Å². The van der Waals surface area contributed by atoms with Gasteiger partial charge in [0.2, 0.25) is 5.89 Å². The number of benzene rings is 1. The first-order chi connectivity index (χ1) is 9.90. The van der Waals surface area contributed by atoms with Gasteiger partial charge in [-0.25, -0.2) is 0 Å². The Balaban J connectivity index is 2.21. The molecule has 0 bridgehead atoms. The maximum absolute atomic E-state index is 13.0. The molecule has 21 heavy (non-hydrogen) atoms. The highest BCUT2D eigenvalue weighted by molar-refractivity contribution is 5.39. The molecule has 5 nitrogen and oxygen atoms in total. The normalized spacial score (nSPS) is 11.7. The zero-order valence-electron chi connectivity index (χ0n) is 11.3. The van der Waals surface area contributed by atoms with Crippen molar-refractivity contribution in [1.29, 1.82) is 0 Å². The number of ether oxygens (including phenoxy) is 1. The lowest BCUT2D eigenvalue weighted by Crippen LogP contribution is -2.11. The quantitative estimate of drug-likeness (QED) is 0.918. The van der Waals surface area contributed by atoms with Crippen LogP contribution in [0.5, 0.6) is 5.75 Å². The van der Waals surface area contributed by atoms with Crippen molar-refractivity contribution < 1.29 is 22.3 Å². The second-order valence-electron chi connectivity index (χ2n) is 4.37. The summed E-state index contributed by atoms with van der Waals surface area (Å²) in [5.74, 6) is 0.161.